The molecule has 0 bridgehead atoms. The summed E-state index contributed by atoms with van der Waals surface area (Å²) in [5.41, 5.74) is 6.36. The molecule has 0 radical (unpaired) electrons. The number of nitrogens with two attached hydrogens (primary N) is 1. The Kier molecular flexibility index (Phi) is 7.51. The van der Waals surface area contributed by atoms with Gasteiger partial charge in [-0.1, -0.05) is 27.7 Å². The molecule has 156 valence electrons. The lowest BCUT2D eigenvalue weighted by atomic mass is 9.95. The van der Waals surface area contributed by atoms with E-state index in [0.29, 0.717) is 31.9 Å². The Hall–Kier alpha value is -2.03. The predicted octanol–water partition coefficient (Wildman–Crippen LogP) is 1.82. The van der Waals surface area contributed by atoms with E-state index in [4.69, 9.17) is 10.5 Å². The van der Waals surface area contributed by atoms with Gasteiger partial charge in [0, 0.05) is 25.3 Å². The monoisotopic (exact) mass is 394 g/mol. The maximum absolute atomic E-state index is 14.6. The van der Waals surface area contributed by atoms with Crippen LogP contribution < -0.4 is 16.0 Å². The van der Waals surface area contributed by atoms with E-state index in [1.54, 1.807) is 6.07 Å². The second-order valence-electron chi connectivity index (χ2n) is 8.13. The first kappa shape index (κ1) is 22.3. The van der Waals surface area contributed by atoms with Gasteiger partial charge >= 0.3 is 0 Å². The van der Waals surface area contributed by atoms with Crippen molar-refractivity contribution in [3.63, 3.8) is 0 Å². The maximum Gasteiger partial charge on any atom is 0.253 e. The zero-order valence-electron chi connectivity index (χ0n) is 17.1. The smallest absolute Gasteiger partial charge is 0.253 e. The van der Waals surface area contributed by atoms with Crippen LogP contribution in [0.25, 0.3) is 0 Å². The van der Waals surface area contributed by atoms with Gasteiger partial charge in [0.1, 0.15) is 18.5 Å². The lowest BCUT2D eigenvalue weighted by Gasteiger charge is -2.34. The summed E-state index contributed by atoms with van der Waals surface area (Å²) in [5, 5.41) is 2.64. The van der Waals surface area contributed by atoms with Crippen molar-refractivity contribution in [3.8, 4) is 0 Å². The first-order valence-electron chi connectivity index (χ1n) is 9.59. The van der Waals surface area contributed by atoms with Gasteiger partial charge in [-0.15, -0.1) is 0 Å². The fourth-order valence-electron chi connectivity index (χ4n) is 3.25. The Balaban J connectivity index is 2.12. The van der Waals surface area contributed by atoms with Gasteiger partial charge in [-0.25, -0.2) is 4.39 Å². The normalized spacial score (nSPS) is 16.4. The summed E-state index contributed by atoms with van der Waals surface area (Å²) in [6.45, 7) is 10.5. The van der Waals surface area contributed by atoms with Gasteiger partial charge in [-0.05, 0) is 30.2 Å². The summed E-state index contributed by atoms with van der Waals surface area (Å²) < 4.78 is 19.7. The molecule has 28 heavy (non-hydrogen) atoms. The van der Waals surface area contributed by atoms with Crippen LogP contribution in [0.5, 0.6) is 0 Å². The van der Waals surface area contributed by atoms with Crippen LogP contribution in [-0.2, 0) is 14.3 Å². The molecule has 1 atom stereocenters. The number of carbonyl (C=O) groups is 2. The Morgan fingerprint density at radius 1 is 1.43 bits per heavy atom. The van der Waals surface area contributed by atoms with E-state index in [-0.39, 0.29) is 36.1 Å². The Bertz CT molecular complexity index is 705. The van der Waals surface area contributed by atoms with Crippen molar-refractivity contribution >= 4 is 23.2 Å². The van der Waals surface area contributed by atoms with Crippen LogP contribution in [0.3, 0.4) is 0 Å². The highest BCUT2D eigenvalue weighted by Crippen LogP contribution is 2.24. The molecular weight excluding hydrogens is 363 g/mol. The number of nitrogens with zero attached hydrogens (tertiary/aromatic N) is 2. The van der Waals surface area contributed by atoms with E-state index < -0.39 is 11.9 Å². The molecule has 0 aromatic heterocycles. The van der Waals surface area contributed by atoms with Crippen molar-refractivity contribution < 1.29 is 18.7 Å². The van der Waals surface area contributed by atoms with E-state index in [1.165, 1.54) is 17.0 Å². The Labute approximate surface area is 166 Å². The highest BCUT2D eigenvalue weighted by Gasteiger charge is 2.28. The van der Waals surface area contributed by atoms with Gasteiger partial charge in [0.25, 0.3) is 5.91 Å². The van der Waals surface area contributed by atoms with Crippen LogP contribution in [0.2, 0.25) is 0 Å². The number of morpholine rings is 1. The largest absolute Gasteiger partial charge is 0.370 e. The zero-order valence-corrected chi connectivity index (χ0v) is 17.1. The first-order valence-corrected chi connectivity index (χ1v) is 9.59. The van der Waals surface area contributed by atoms with Crippen LogP contribution in [-0.4, -0.2) is 62.1 Å². The molecule has 1 saturated heterocycles. The number of rotatable bonds is 7. The van der Waals surface area contributed by atoms with Crippen molar-refractivity contribution in [2.75, 3.05) is 49.6 Å². The molecule has 1 aliphatic heterocycles. The number of likely N-dealkylation sites (N-methyl/N-ethyl adjacent to an activating group) is 1. The number of nitrogens with one attached hydrogen (secondary N) is 1. The molecule has 1 aromatic carbocycles. The fourth-order valence-corrected chi connectivity index (χ4v) is 3.25. The quantitative estimate of drug-likeness (QED) is 0.737. The van der Waals surface area contributed by atoms with Gasteiger partial charge in [0.05, 0.1) is 12.3 Å². The molecule has 0 spiro atoms. The van der Waals surface area contributed by atoms with Gasteiger partial charge in [-0.3, -0.25) is 14.5 Å². The Morgan fingerprint density at radius 2 is 2.14 bits per heavy atom. The number of hydrogen-bond donors (Lipinski definition) is 2. The minimum Gasteiger partial charge on any atom is -0.370 e. The van der Waals surface area contributed by atoms with Crippen molar-refractivity contribution in [2.45, 2.75) is 33.7 Å². The minimum absolute atomic E-state index is 0.00129. The molecule has 1 fully saturated rings. The molecular formula is C20H31FN4O3. The first-order chi connectivity index (χ1) is 13.2. The topological polar surface area (TPSA) is 87.9 Å². The number of halogens is 1. The average Bonchev–Trinajstić information content (AvgIpc) is 2.62. The second-order valence-corrected chi connectivity index (χ2v) is 8.13. The number of benzene rings is 1. The number of anilines is 2. The number of carbonyl (C=O) groups excluding carboxylic acids is 2. The van der Waals surface area contributed by atoms with Crippen molar-refractivity contribution in [1.82, 2.24) is 4.90 Å². The molecule has 1 heterocycles. The van der Waals surface area contributed by atoms with E-state index >= 15 is 0 Å². The lowest BCUT2D eigenvalue weighted by molar-refractivity contribution is -0.125. The molecule has 2 amide bonds. The van der Waals surface area contributed by atoms with E-state index in [1.807, 2.05) is 11.8 Å². The van der Waals surface area contributed by atoms with E-state index in [2.05, 4.69) is 26.1 Å². The summed E-state index contributed by atoms with van der Waals surface area (Å²) in [7, 11) is 0. The molecule has 1 aliphatic rings. The number of ether oxygens (including phenoxy) is 1. The van der Waals surface area contributed by atoms with Crippen LogP contribution in [0.1, 0.15) is 27.7 Å². The summed E-state index contributed by atoms with van der Waals surface area (Å²) in [6, 6.07) is 3.79. The average molecular weight is 394 g/mol. The molecule has 3 N–H and O–H groups in total. The van der Waals surface area contributed by atoms with Gasteiger partial charge in [0.2, 0.25) is 5.91 Å². The maximum atomic E-state index is 14.6. The van der Waals surface area contributed by atoms with Crippen LogP contribution in [0.4, 0.5) is 15.8 Å². The van der Waals surface area contributed by atoms with Crippen molar-refractivity contribution in [3.05, 3.63) is 24.0 Å². The molecule has 2 rings (SSSR count). The highest BCUT2D eigenvalue weighted by atomic mass is 19.1. The molecule has 7 nitrogen and oxygen atoms in total. The SMILES string of the molecule is CCN(CC(C)(C)C)[C@@H](CN)C(=O)Nc1ccc(N2CCOCC2=O)cc1F. The third-order valence-corrected chi connectivity index (χ3v) is 4.56. The lowest BCUT2D eigenvalue weighted by Crippen LogP contribution is -2.51. The summed E-state index contributed by atoms with van der Waals surface area (Å²) >= 11 is 0. The second kappa shape index (κ2) is 9.45. The summed E-state index contributed by atoms with van der Waals surface area (Å²) in [4.78, 5) is 28.1. The summed E-state index contributed by atoms with van der Waals surface area (Å²) in [6.07, 6.45) is 0. The Morgan fingerprint density at radius 3 is 2.68 bits per heavy atom. The molecule has 0 unspecified atom stereocenters. The van der Waals surface area contributed by atoms with E-state index in [9.17, 15) is 14.0 Å². The number of amides is 2. The van der Waals surface area contributed by atoms with Crippen molar-refractivity contribution in [2.24, 2.45) is 11.1 Å². The van der Waals surface area contributed by atoms with Crippen LogP contribution in [0, 0.1) is 11.2 Å². The third kappa shape index (κ3) is 5.73. The van der Waals surface area contributed by atoms with E-state index in [0.717, 1.165) is 0 Å². The van der Waals surface area contributed by atoms with Crippen LogP contribution >= 0.6 is 0 Å². The van der Waals surface area contributed by atoms with Crippen molar-refractivity contribution in [1.29, 1.82) is 0 Å². The minimum atomic E-state index is -0.597. The molecule has 1 aromatic rings. The third-order valence-electron chi connectivity index (χ3n) is 4.56. The molecule has 0 aliphatic carbocycles. The van der Waals surface area contributed by atoms with Crippen LogP contribution in [0.15, 0.2) is 18.2 Å². The van der Waals surface area contributed by atoms with Gasteiger partial charge in [-0.2, -0.15) is 0 Å². The standard InChI is InChI=1S/C20H31FN4O3/c1-5-24(13-20(2,3)4)17(11-22)19(27)23-16-7-6-14(10-15(16)21)25-8-9-28-12-18(25)26/h6-7,10,17H,5,8-9,11-13,22H2,1-4H3,(H,23,27)/t17-/m0/s1. The predicted molar refractivity (Wildman–Crippen MR) is 108 cm³/mol. The molecule has 0 saturated carbocycles. The number of hydrogen-bond acceptors (Lipinski definition) is 5. The fraction of sp³-hybridized carbons (Fsp3) is 0.600. The van der Waals surface area contributed by atoms with Gasteiger partial charge in [0.15, 0.2) is 0 Å². The zero-order chi connectivity index (χ0) is 20.9. The molecule has 8 heteroatoms. The highest BCUT2D eigenvalue weighted by molar-refractivity contribution is 5.97. The summed E-state index contributed by atoms with van der Waals surface area (Å²) in [5.74, 6) is -1.16. The van der Waals surface area contributed by atoms with Gasteiger partial charge < -0.3 is 20.7 Å².